The first kappa shape index (κ1) is 14.9. The van der Waals surface area contributed by atoms with Crippen LogP contribution in [0.4, 0.5) is 10.1 Å². The quantitative estimate of drug-likeness (QED) is 0.685. The number of nitrogens with zero attached hydrogens (tertiary/aromatic N) is 1. The van der Waals surface area contributed by atoms with E-state index >= 15 is 0 Å². The van der Waals surface area contributed by atoms with Gasteiger partial charge in [0.15, 0.2) is 0 Å². The predicted octanol–water partition coefficient (Wildman–Crippen LogP) is 3.89. The van der Waals surface area contributed by atoms with Crippen molar-refractivity contribution in [3.8, 4) is 11.5 Å². The summed E-state index contributed by atoms with van der Waals surface area (Å²) in [6.07, 6.45) is -0.959. The molecule has 0 unspecified atom stereocenters. The number of nitro benzene ring substituents is 1. The van der Waals surface area contributed by atoms with E-state index in [0.29, 0.717) is 0 Å². The number of aryl methyl sites for hydroxylation is 1. The summed E-state index contributed by atoms with van der Waals surface area (Å²) in [5.41, 5.74) is 0.823. The minimum atomic E-state index is -0.959. The lowest BCUT2D eigenvalue weighted by Gasteiger charge is -2.13. The largest absolute Gasteiger partial charge is 0.450 e. The van der Waals surface area contributed by atoms with Gasteiger partial charge in [-0.15, -0.1) is 0 Å². The van der Waals surface area contributed by atoms with E-state index in [1.807, 2.05) is 0 Å². The maximum Gasteiger partial charge on any atom is 0.311 e. The van der Waals surface area contributed by atoms with Crippen LogP contribution in [-0.4, -0.2) is 10.0 Å². The molecule has 1 atom stereocenters. The highest BCUT2D eigenvalue weighted by Gasteiger charge is 2.18. The number of halogens is 1. The Morgan fingerprint density at radius 3 is 2.57 bits per heavy atom. The van der Waals surface area contributed by atoms with Crippen LogP contribution in [-0.2, 0) is 0 Å². The second kappa shape index (κ2) is 5.88. The molecule has 2 aromatic carbocycles. The average Bonchev–Trinajstić information content (AvgIpc) is 2.40. The Morgan fingerprint density at radius 2 is 1.95 bits per heavy atom. The molecule has 0 aliphatic heterocycles. The van der Waals surface area contributed by atoms with E-state index in [0.717, 1.165) is 11.6 Å². The maximum absolute atomic E-state index is 13.2. The summed E-state index contributed by atoms with van der Waals surface area (Å²) in [5, 5.41) is 20.7. The Balaban J connectivity index is 2.47. The zero-order valence-electron chi connectivity index (χ0n) is 11.5. The minimum absolute atomic E-state index is 0.0495. The molecule has 0 aliphatic carbocycles. The molecule has 110 valence electrons. The van der Waals surface area contributed by atoms with Crippen molar-refractivity contribution in [2.75, 3.05) is 0 Å². The van der Waals surface area contributed by atoms with E-state index in [2.05, 4.69) is 0 Å². The van der Waals surface area contributed by atoms with E-state index < -0.39 is 16.8 Å². The molecule has 21 heavy (non-hydrogen) atoms. The number of aliphatic hydroxyl groups is 1. The fourth-order valence-electron chi connectivity index (χ4n) is 1.91. The third-order valence-corrected chi connectivity index (χ3v) is 2.95. The molecule has 0 amide bonds. The topological polar surface area (TPSA) is 72.6 Å². The SMILES string of the molecule is Cc1ccc([N+](=O)[O-])c(Oc2ccc(F)cc2[C@@H](C)O)c1. The first-order valence-electron chi connectivity index (χ1n) is 6.29. The summed E-state index contributed by atoms with van der Waals surface area (Å²) >= 11 is 0. The van der Waals surface area contributed by atoms with Gasteiger partial charge in [0.1, 0.15) is 11.6 Å². The first-order valence-corrected chi connectivity index (χ1v) is 6.29. The van der Waals surface area contributed by atoms with Gasteiger partial charge in [-0.25, -0.2) is 4.39 Å². The number of benzene rings is 2. The van der Waals surface area contributed by atoms with Gasteiger partial charge in [0.2, 0.25) is 5.75 Å². The summed E-state index contributed by atoms with van der Waals surface area (Å²) in [5.74, 6) is -0.286. The minimum Gasteiger partial charge on any atom is -0.450 e. The van der Waals surface area contributed by atoms with Gasteiger partial charge in [0, 0.05) is 11.6 Å². The molecule has 2 aromatic rings. The smallest absolute Gasteiger partial charge is 0.311 e. The molecule has 0 aliphatic rings. The van der Waals surface area contributed by atoms with Crippen molar-refractivity contribution in [2.45, 2.75) is 20.0 Å². The lowest BCUT2D eigenvalue weighted by molar-refractivity contribution is -0.385. The second-order valence-electron chi connectivity index (χ2n) is 4.69. The number of hydrogen-bond donors (Lipinski definition) is 1. The van der Waals surface area contributed by atoms with E-state index in [1.165, 1.54) is 31.2 Å². The number of aliphatic hydroxyl groups excluding tert-OH is 1. The molecule has 2 rings (SSSR count). The lowest BCUT2D eigenvalue weighted by Crippen LogP contribution is -1.99. The third kappa shape index (κ3) is 3.35. The van der Waals surface area contributed by atoms with E-state index in [9.17, 15) is 19.6 Å². The Morgan fingerprint density at radius 1 is 1.24 bits per heavy atom. The van der Waals surface area contributed by atoms with Gasteiger partial charge in [0.25, 0.3) is 0 Å². The van der Waals surface area contributed by atoms with Crippen molar-refractivity contribution in [1.82, 2.24) is 0 Å². The second-order valence-corrected chi connectivity index (χ2v) is 4.69. The van der Waals surface area contributed by atoms with E-state index in [-0.39, 0.29) is 22.7 Å². The van der Waals surface area contributed by atoms with Gasteiger partial charge in [-0.2, -0.15) is 0 Å². The summed E-state index contributed by atoms with van der Waals surface area (Å²) in [7, 11) is 0. The van der Waals surface area contributed by atoms with Gasteiger partial charge in [-0.1, -0.05) is 6.07 Å². The van der Waals surface area contributed by atoms with Crippen molar-refractivity contribution >= 4 is 5.69 Å². The standard InChI is InChI=1S/C15H14FNO4/c1-9-3-5-13(17(19)20)15(7-9)21-14-6-4-11(16)8-12(14)10(2)18/h3-8,10,18H,1-2H3/t10-/m1/s1. The summed E-state index contributed by atoms with van der Waals surface area (Å²) in [6.45, 7) is 3.24. The van der Waals surface area contributed by atoms with Gasteiger partial charge < -0.3 is 9.84 Å². The molecule has 0 saturated carbocycles. The zero-order chi connectivity index (χ0) is 15.6. The average molecular weight is 291 g/mol. The Hall–Kier alpha value is -2.47. The Kier molecular flexibility index (Phi) is 4.18. The Labute approximate surface area is 120 Å². The lowest BCUT2D eigenvalue weighted by atomic mass is 10.1. The molecule has 1 N–H and O–H groups in total. The van der Waals surface area contributed by atoms with Crippen LogP contribution in [0.3, 0.4) is 0 Å². The number of ether oxygens (including phenoxy) is 1. The van der Waals surface area contributed by atoms with E-state index in [4.69, 9.17) is 4.74 Å². The zero-order valence-corrected chi connectivity index (χ0v) is 11.5. The predicted molar refractivity (Wildman–Crippen MR) is 74.9 cm³/mol. The van der Waals surface area contributed by atoms with Gasteiger partial charge in [-0.05, 0) is 43.7 Å². The van der Waals surface area contributed by atoms with Crippen LogP contribution in [0, 0.1) is 22.9 Å². The monoisotopic (exact) mass is 291 g/mol. The molecule has 0 heterocycles. The van der Waals surface area contributed by atoms with E-state index in [1.54, 1.807) is 13.0 Å². The van der Waals surface area contributed by atoms with Crippen LogP contribution in [0.2, 0.25) is 0 Å². The van der Waals surface area contributed by atoms with Gasteiger partial charge in [-0.3, -0.25) is 10.1 Å². The molecule has 6 heteroatoms. The normalized spacial score (nSPS) is 12.0. The molecule has 5 nitrogen and oxygen atoms in total. The third-order valence-electron chi connectivity index (χ3n) is 2.95. The van der Waals surface area contributed by atoms with Crippen molar-refractivity contribution in [2.24, 2.45) is 0 Å². The maximum atomic E-state index is 13.2. The summed E-state index contributed by atoms with van der Waals surface area (Å²) < 4.78 is 18.8. The molecular weight excluding hydrogens is 277 g/mol. The highest BCUT2D eigenvalue weighted by molar-refractivity contribution is 5.51. The molecule has 0 bridgehead atoms. The highest BCUT2D eigenvalue weighted by atomic mass is 19.1. The van der Waals surface area contributed by atoms with Crippen LogP contribution in [0.5, 0.6) is 11.5 Å². The molecule has 0 radical (unpaired) electrons. The number of rotatable bonds is 4. The van der Waals surface area contributed by atoms with Crippen LogP contribution in [0.15, 0.2) is 36.4 Å². The summed E-state index contributed by atoms with van der Waals surface area (Å²) in [6, 6.07) is 8.11. The van der Waals surface area contributed by atoms with Gasteiger partial charge >= 0.3 is 5.69 Å². The fraction of sp³-hybridized carbons (Fsp3) is 0.200. The summed E-state index contributed by atoms with van der Waals surface area (Å²) in [4.78, 5) is 10.5. The van der Waals surface area contributed by atoms with Crippen molar-refractivity contribution in [3.63, 3.8) is 0 Å². The van der Waals surface area contributed by atoms with Crippen LogP contribution in [0.25, 0.3) is 0 Å². The van der Waals surface area contributed by atoms with Crippen molar-refractivity contribution < 1.29 is 19.2 Å². The molecule has 0 aromatic heterocycles. The fourth-order valence-corrected chi connectivity index (χ4v) is 1.91. The van der Waals surface area contributed by atoms with Crippen molar-refractivity contribution in [3.05, 3.63) is 63.5 Å². The highest BCUT2D eigenvalue weighted by Crippen LogP contribution is 2.35. The molecule has 0 saturated heterocycles. The first-order chi connectivity index (χ1) is 9.88. The molecule has 0 fully saturated rings. The van der Waals surface area contributed by atoms with Crippen molar-refractivity contribution in [1.29, 1.82) is 0 Å². The van der Waals surface area contributed by atoms with Gasteiger partial charge in [0.05, 0.1) is 11.0 Å². The van der Waals surface area contributed by atoms with Crippen LogP contribution in [0.1, 0.15) is 24.2 Å². The number of nitro groups is 1. The van der Waals surface area contributed by atoms with Crippen LogP contribution < -0.4 is 4.74 Å². The van der Waals surface area contributed by atoms with Crippen LogP contribution >= 0.6 is 0 Å². The molecular formula is C15H14FNO4. The number of hydrogen-bond acceptors (Lipinski definition) is 4. The Bertz CT molecular complexity index is 685. The molecule has 0 spiro atoms.